The van der Waals surface area contributed by atoms with E-state index in [0.717, 1.165) is 4.90 Å². The number of esters is 1. The Morgan fingerprint density at radius 1 is 1.07 bits per heavy atom. The quantitative estimate of drug-likeness (QED) is 0.320. The van der Waals surface area contributed by atoms with Crippen molar-refractivity contribution in [3.63, 3.8) is 0 Å². The third-order valence-corrected chi connectivity index (χ3v) is 8.40. The summed E-state index contributed by atoms with van der Waals surface area (Å²) in [6, 6.07) is 16.7. The van der Waals surface area contributed by atoms with Gasteiger partial charge in [0.2, 0.25) is 5.37 Å². The van der Waals surface area contributed by atoms with Crippen LogP contribution in [0.2, 0.25) is 0 Å². The SMILES string of the molecule is CC1(C)[C@H](C(=O)OC(c2ccccc2)c2ccccc2)N2C(=O)C(=[N+]=[N-])[C@H]2S1(=O)=O. The standard InChI is InChI=1S/C21H19N3O5S/c1-21(2)17(24-18(25)15(23-22)19(24)30(21,27)28)20(26)29-16(13-9-5-3-6-10-13)14-11-7-4-8-12-14/h3-12,16-17,19H,1-2H3/t17-,19+/m0/s1. The van der Waals surface area contributed by atoms with Crippen molar-refractivity contribution < 1.29 is 27.5 Å². The number of carbonyl (C=O) groups is 2. The average molecular weight is 425 g/mol. The molecule has 1 amide bonds. The molecule has 2 heterocycles. The zero-order valence-corrected chi connectivity index (χ0v) is 17.1. The van der Waals surface area contributed by atoms with E-state index in [1.165, 1.54) is 13.8 Å². The lowest BCUT2D eigenvalue weighted by Gasteiger charge is -2.33. The van der Waals surface area contributed by atoms with Crippen LogP contribution in [-0.2, 0) is 24.2 Å². The van der Waals surface area contributed by atoms with Crippen molar-refractivity contribution in [3.8, 4) is 0 Å². The van der Waals surface area contributed by atoms with Gasteiger partial charge in [0.05, 0.1) is 0 Å². The minimum atomic E-state index is -4.01. The Labute approximate surface area is 173 Å². The summed E-state index contributed by atoms with van der Waals surface area (Å²) in [5, 5.41) is -1.45. The Hall–Kier alpha value is -3.29. The van der Waals surface area contributed by atoms with Crippen LogP contribution in [0.15, 0.2) is 60.7 Å². The predicted octanol–water partition coefficient (Wildman–Crippen LogP) is 1.73. The molecule has 2 aliphatic rings. The summed E-state index contributed by atoms with van der Waals surface area (Å²) in [7, 11) is -4.01. The van der Waals surface area contributed by atoms with Gasteiger partial charge in [0, 0.05) is 0 Å². The number of hydrogen-bond acceptors (Lipinski definition) is 5. The third kappa shape index (κ3) is 2.70. The second-order valence-electron chi connectivity index (χ2n) is 7.74. The summed E-state index contributed by atoms with van der Waals surface area (Å²) in [5.74, 6) is -1.64. The number of benzene rings is 2. The predicted molar refractivity (Wildman–Crippen MR) is 107 cm³/mol. The van der Waals surface area contributed by atoms with Gasteiger partial charge in [-0.3, -0.25) is 9.69 Å². The van der Waals surface area contributed by atoms with Crippen molar-refractivity contribution >= 4 is 27.4 Å². The lowest BCUT2D eigenvalue weighted by molar-refractivity contribution is -0.161. The largest absolute Gasteiger partial charge is 0.451 e. The maximum Gasteiger partial charge on any atom is 0.393 e. The molecular weight excluding hydrogens is 406 g/mol. The molecule has 0 unspecified atom stereocenters. The fraction of sp³-hybridized carbons (Fsp3) is 0.286. The fourth-order valence-electron chi connectivity index (χ4n) is 3.99. The first-order valence-electron chi connectivity index (χ1n) is 9.30. The Kier molecular flexibility index (Phi) is 4.60. The molecule has 0 aromatic heterocycles. The number of carbonyl (C=O) groups excluding carboxylic acids is 2. The molecule has 8 nitrogen and oxygen atoms in total. The van der Waals surface area contributed by atoms with E-state index in [4.69, 9.17) is 10.3 Å². The van der Waals surface area contributed by atoms with Crippen LogP contribution in [0.25, 0.3) is 5.53 Å². The number of ether oxygens (including phenoxy) is 1. The zero-order chi connectivity index (χ0) is 21.7. The maximum absolute atomic E-state index is 13.3. The van der Waals surface area contributed by atoms with Crippen molar-refractivity contribution in [3.05, 3.63) is 77.3 Å². The van der Waals surface area contributed by atoms with E-state index in [1.54, 1.807) is 24.3 Å². The first-order valence-corrected chi connectivity index (χ1v) is 10.8. The molecule has 0 radical (unpaired) electrons. The van der Waals surface area contributed by atoms with Crippen LogP contribution in [0.5, 0.6) is 0 Å². The van der Waals surface area contributed by atoms with Gasteiger partial charge in [-0.1, -0.05) is 60.7 Å². The smallest absolute Gasteiger partial charge is 0.393 e. The molecule has 30 heavy (non-hydrogen) atoms. The van der Waals surface area contributed by atoms with Gasteiger partial charge in [0.25, 0.3) is 0 Å². The highest BCUT2D eigenvalue weighted by Gasteiger charge is 2.75. The van der Waals surface area contributed by atoms with E-state index in [2.05, 4.69) is 4.79 Å². The van der Waals surface area contributed by atoms with Gasteiger partial charge in [0.1, 0.15) is 4.75 Å². The Morgan fingerprint density at radius 2 is 1.57 bits per heavy atom. The molecular formula is C21H19N3O5S. The van der Waals surface area contributed by atoms with Crippen LogP contribution in [0.4, 0.5) is 0 Å². The Bertz CT molecular complexity index is 1130. The number of rotatable bonds is 4. The number of hydrogen-bond donors (Lipinski definition) is 0. The van der Waals surface area contributed by atoms with E-state index in [9.17, 15) is 18.0 Å². The minimum Gasteiger partial charge on any atom is -0.451 e. The van der Waals surface area contributed by atoms with Crippen molar-refractivity contribution in [1.29, 1.82) is 0 Å². The topological polar surface area (TPSA) is 117 Å². The van der Waals surface area contributed by atoms with Crippen LogP contribution in [-0.4, -0.2) is 51.9 Å². The van der Waals surface area contributed by atoms with Gasteiger partial charge in [-0.05, 0) is 25.0 Å². The molecule has 2 aromatic rings. The van der Waals surface area contributed by atoms with Gasteiger partial charge in [-0.15, -0.1) is 0 Å². The first-order chi connectivity index (χ1) is 14.2. The van der Waals surface area contributed by atoms with Crippen molar-refractivity contribution in [2.24, 2.45) is 0 Å². The van der Waals surface area contributed by atoms with Gasteiger partial charge in [-0.25, -0.2) is 13.2 Å². The van der Waals surface area contributed by atoms with Gasteiger partial charge in [-0.2, -0.15) is 4.79 Å². The zero-order valence-electron chi connectivity index (χ0n) is 16.3. The van der Waals surface area contributed by atoms with Gasteiger partial charge >= 0.3 is 17.6 Å². The van der Waals surface area contributed by atoms with Crippen molar-refractivity contribution in [1.82, 2.24) is 4.90 Å². The summed E-state index contributed by atoms with van der Waals surface area (Å²) in [4.78, 5) is 29.4. The fourth-order valence-corrected chi connectivity index (χ4v) is 6.05. The van der Waals surface area contributed by atoms with Gasteiger partial charge < -0.3 is 10.3 Å². The van der Waals surface area contributed by atoms with Crippen LogP contribution in [0.1, 0.15) is 31.1 Å². The van der Waals surface area contributed by atoms with E-state index in [-0.39, 0.29) is 0 Å². The minimum absolute atomic E-state index is 0.485. The Morgan fingerprint density at radius 3 is 2.03 bits per heavy atom. The highest BCUT2D eigenvalue weighted by Crippen LogP contribution is 2.45. The second-order valence-corrected chi connectivity index (χ2v) is 10.3. The summed E-state index contributed by atoms with van der Waals surface area (Å²) < 4.78 is 30.1. The molecule has 0 spiro atoms. The van der Waals surface area contributed by atoms with Crippen LogP contribution in [0.3, 0.4) is 0 Å². The van der Waals surface area contributed by atoms with Crippen molar-refractivity contribution in [2.45, 2.75) is 36.1 Å². The van der Waals surface area contributed by atoms with Crippen molar-refractivity contribution in [2.75, 3.05) is 0 Å². The third-order valence-electron chi connectivity index (χ3n) is 5.67. The summed E-state index contributed by atoms with van der Waals surface area (Å²) in [6.07, 6.45) is -0.778. The maximum atomic E-state index is 13.3. The molecule has 2 atom stereocenters. The molecule has 2 aromatic carbocycles. The summed E-state index contributed by atoms with van der Waals surface area (Å²) >= 11 is 0. The monoisotopic (exact) mass is 425 g/mol. The number of nitrogens with zero attached hydrogens (tertiary/aromatic N) is 3. The normalized spacial score (nSPS) is 23.5. The molecule has 0 N–H and O–H groups in total. The summed E-state index contributed by atoms with van der Waals surface area (Å²) in [6.45, 7) is 2.74. The second kappa shape index (κ2) is 6.90. The molecule has 0 bridgehead atoms. The van der Waals surface area contributed by atoms with Gasteiger partial charge in [0.15, 0.2) is 22.0 Å². The lowest BCUT2D eigenvalue weighted by Crippen LogP contribution is -2.65. The number of β-lactam (4-membered cyclic amide) rings is 1. The first kappa shape index (κ1) is 20.0. The van der Waals surface area contributed by atoms with E-state index >= 15 is 0 Å². The van der Waals surface area contributed by atoms with Crippen LogP contribution >= 0.6 is 0 Å². The average Bonchev–Trinajstić information content (AvgIpc) is 2.88. The molecule has 9 heteroatoms. The summed E-state index contributed by atoms with van der Waals surface area (Å²) in [5.41, 5.74) is 9.96. The van der Waals surface area contributed by atoms with E-state index in [0.29, 0.717) is 11.1 Å². The Balaban J connectivity index is 1.73. The van der Waals surface area contributed by atoms with E-state index < -0.39 is 49.7 Å². The molecule has 154 valence electrons. The molecule has 0 aliphatic carbocycles. The number of amides is 1. The van der Waals surface area contributed by atoms with Crippen LogP contribution in [0, 0.1) is 0 Å². The molecule has 0 saturated carbocycles. The number of fused-ring (bicyclic) bond motifs is 1. The highest BCUT2D eigenvalue weighted by atomic mass is 32.2. The molecule has 2 aliphatic heterocycles. The molecule has 4 rings (SSSR count). The molecule has 2 fully saturated rings. The van der Waals surface area contributed by atoms with Crippen LogP contribution < -0.4 is 0 Å². The van der Waals surface area contributed by atoms with E-state index in [1.807, 2.05) is 36.4 Å². The highest BCUT2D eigenvalue weighted by molar-refractivity contribution is 7.94. The molecule has 2 saturated heterocycles. The lowest BCUT2D eigenvalue weighted by atomic mass is 9.96. The number of sulfone groups is 1.